The van der Waals surface area contributed by atoms with Gasteiger partial charge in [0, 0.05) is 25.6 Å². The van der Waals surface area contributed by atoms with Crippen LogP contribution < -0.4 is 5.73 Å². The summed E-state index contributed by atoms with van der Waals surface area (Å²) in [5.41, 5.74) is 5.17. The van der Waals surface area contributed by atoms with Crippen LogP contribution >= 0.6 is 0 Å². The van der Waals surface area contributed by atoms with Crippen molar-refractivity contribution in [1.82, 2.24) is 4.31 Å². The lowest BCUT2D eigenvalue weighted by molar-refractivity contribution is -0.131. The molecule has 2 heterocycles. The molecule has 0 aromatic heterocycles. The van der Waals surface area contributed by atoms with Gasteiger partial charge in [-0.1, -0.05) is 6.08 Å². The van der Waals surface area contributed by atoms with E-state index in [0.29, 0.717) is 17.1 Å². The van der Waals surface area contributed by atoms with Gasteiger partial charge in [0.2, 0.25) is 11.0 Å². The normalized spacial score (nSPS) is 24.6. The van der Waals surface area contributed by atoms with Crippen molar-refractivity contribution in [2.75, 3.05) is 6.54 Å². The molecule has 9 heteroatoms. The van der Waals surface area contributed by atoms with Crippen LogP contribution in [-0.4, -0.2) is 47.8 Å². The first kappa shape index (κ1) is 15.5. The van der Waals surface area contributed by atoms with Crippen LogP contribution in [0.25, 0.3) is 0 Å². The van der Waals surface area contributed by atoms with Crippen LogP contribution in [0.5, 0.6) is 0 Å². The van der Waals surface area contributed by atoms with Crippen molar-refractivity contribution in [3.8, 4) is 0 Å². The second-order valence-electron chi connectivity index (χ2n) is 4.79. The Morgan fingerprint density at radius 1 is 1.33 bits per heavy atom. The molecule has 1 fully saturated rings. The number of hydrogen-bond donors (Lipinski definition) is 1. The number of aliphatic imine (C=N–C) groups is 1. The summed E-state index contributed by atoms with van der Waals surface area (Å²) in [7, 11) is -4.32. The predicted octanol–water partition coefficient (Wildman–Crippen LogP) is -0.890. The van der Waals surface area contributed by atoms with Gasteiger partial charge >= 0.3 is 0 Å². The average Bonchev–Trinajstić information content (AvgIpc) is 2.61. The molecule has 2 aliphatic heterocycles. The highest BCUT2D eigenvalue weighted by molar-refractivity contribution is 8.06. The first-order valence-corrected chi connectivity index (χ1v) is 7.89. The van der Waals surface area contributed by atoms with Crippen molar-refractivity contribution in [2.45, 2.75) is 31.7 Å². The summed E-state index contributed by atoms with van der Waals surface area (Å²) in [5, 5.41) is -0.647. The van der Waals surface area contributed by atoms with Crippen LogP contribution in [0.1, 0.15) is 25.7 Å². The number of allylic oxidation sites excluding steroid dienone is 1. The van der Waals surface area contributed by atoms with Crippen molar-refractivity contribution in [1.29, 1.82) is 0 Å². The summed E-state index contributed by atoms with van der Waals surface area (Å²) in [6.45, 7) is -0.0440. The molecule has 1 atom stereocenters. The molecule has 21 heavy (non-hydrogen) atoms. The molecule has 0 aliphatic carbocycles. The monoisotopic (exact) mass is 313 g/mol. The van der Waals surface area contributed by atoms with E-state index in [2.05, 4.69) is 4.99 Å². The number of carbonyl (C=O) groups excluding carboxylic acids is 3. The lowest BCUT2D eigenvalue weighted by Crippen LogP contribution is -2.54. The molecule has 114 valence electrons. The van der Waals surface area contributed by atoms with E-state index in [1.54, 1.807) is 0 Å². The van der Waals surface area contributed by atoms with Gasteiger partial charge in [0.1, 0.15) is 0 Å². The SMILES string of the molecule is NC(=O)C1C(=O)CCCCN1S(=O)(=O)C1=NC=CCC1=O. The fourth-order valence-electron chi connectivity index (χ4n) is 2.31. The smallest absolute Gasteiger partial charge is 0.265 e. The van der Waals surface area contributed by atoms with Gasteiger partial charge in [-0.3, -0.25) is 14.4 Å². The third kappa shape index (κ3) is 2.93. The van der Waals surface area contributed by atoms with E-state index in [4.69, 9.17) is 5.73 Å². The van der Waals surface area contributed by atoms with Crippen molar-refractivity contribution in [3.63, 3.8) is 0 Å². The van der Waals surface area contributed by atoms with E-state index >= 15 is 0 Å². The van der Waals surface area contributed by atoms with E-state index in [-0.39, 0.29) is 19.4 Å². The highest BCUT2D eigenvalue weighted by Crippen LogP contribution is 2.20. The van der Waals surface area contributed by atoms with Crippen LogP contribution in [0.4, 0.5) is 0 Å². The number of rotatable bonds is 2. The maximum Gasteiger partial charge on any atom is 0.265 e. The minimum Gasteiger partial charge on any atom is -0.368 e. The molecule has 0 aromatic rings. The number of primary amides is 1. The molecule has 0 spiro atoms. The summed E-state index contributed by atoms with van der Waals surface area (Å²) in [4.78, 5) is 38.8. The van der Waals surface area contributed by atoms with Gasteiger partial charge in [-0.15, -0.1) is 0 Å². The molecule has 0 aromatic carbocycles. The topological polar surface area (TPSA) is 127 Å². The quantitative estimate of drug-likeness (QED) is 0.662. The molecule has 8 nitrogen and oxygen atoms in total. The predicted molar refractivity (Wildman–Crippen MR) is 73.7 cm³/mol. The van der Waals surface area contributed by atoms with Gasteiger partial charge in [-0.2, -0.15) is 4.31 Å². The maximum atomic E-state index is 12.5. The molecule has 0 saturated carbocycles. The number of nitrogens with two attached hydrogens (primary N) is 1. The lowest BCUT2D eigenvalue weighted by atomic mass is 10.1. The summed E-state index contributed by atoms with van der Waals surface area (Å²) < 4.78 is 25.8. The van der Waals surface area contributed by atoms with E-state index in [1.165, 1.54) is 12.3 Å². The van der Waals surface area contributed by atoms with Crippen LogP contribution in [-0.2, 0) is 24.4 Å². The molecular formula is C12H15N3O5S. The van der Waals surface area contributed by atoms with Crippen molar-refractivity contribution >= 4 is 32.5 Å². The van der Waals surface area contributed by atoms with Crippen molar-refractivity contribution in [2.24, 2.45) is 10.7 Å². The van der Waals surface area contributed by atoms with Crippen LogP contribution in [0.2, 0.25) is 0 Å². The average molecular weight is 313 g/mol. The molecular weight excluding hydrogens is 298 g/mol. The van der Waals surface area contributed by atoms with Crippen molar-refractivity contribution in [3.05, 3.63) is 12.3 Å². The molecule has 2 N–H and O–H groups in total. The van der Waals surface area contributed by atoms with Gasteiger partial charge < -0.3 is 5.73 Å². The standard InChI is InChI=1S/C12H15N3O5S/c13-11(18)10-8(16)4-1-2-7-15(10)21(19,20)12-9(17)5-3-6-14-12/h3,6,10H,1-2,4-5,7H2,(H2,13,18). The minimum absolute atomic E-state index is 0.0440. The second-order valence-corrected chi connectivity index (χ2v) is 6.60. The Hall–Kier alpha value is -1.87. The number of carbonyl (C=O) groups is 3. The van der Waals surface area contributed by atoms with Crippen LogP contribution in [0.15, 0.2) is 17.3 Å². The second kappa shape index (κ2) is 5.86. The molecule has 0 radical (unpaired) electrons. The van der Waals surface area contributed by atoms with Gasteiger partial charge in [-0.05, 0) is 12.8 Å². The first-order chi connectivity index (χ1) is 9.85. The third-order valence-corrected chi connectivity index (χ3v) is 5.14. The fourth-order valence-corrected chi connectivity index (χ4v) is 3.97. The Morgan fingerprint density at radius 3 is 2.67 bits per heavy atom. The molecule has 2 aliphatic rings. The zero-order valence-corrected chi connectivity index (χ0v) is 12.0. The largest absolute Gasteiger partial charge is 0.368 e. The molecule has 0 bridgehead atoms. The first-order valence-electron chi connectivity index (χ1n) is 6.45. The third-order valence-electron chi connectivity index (χ3n) is 3.31. The summed E-state index contributed by atoms with van der Waals surface area (Å²) >= 11 is 0. The molecule has 1 saturated heterocycles. The number of Topliss-reactive ketones (excluding diaryl/α,β-unsaturated/α-hetero) is 2. The van der Waals surface area contributed by atoms with E-state index in [9.17, 15) is 22.8 Å². The Kier molecular flexibility index (Phi) is 4.33. The van der Waals surface area contributed by atoms with Crippen LogP contribution in [0.3, 0.4) is 0 Å². The van der Waals surface area contributed by atoms with Gasteiger partial charge in [0.25, 0.3) is 10.0 Å². The summed E-state index contributed by atoms with van der Waals surface area (Å²) in [6.07, 6.45) is 3.52. The highest BCUT2D eigenvalue weighted by atomic mass is 32.2. The zero-order valence-electron chi connectivity index (χ0n) is 11.2. The van der Waals surface area contributed by atoms with Gasteiger partial charge in [0.05, 0.1) is 0 Å². The van der Waals surface area contributed by atoms with E-state index in [0.717, 1.165) is 0 Å². The maximum absolute atomic E-state index is 12.5. The van der Waals surface area contributed by atoms with Gasteiger partial charge in [-0.25, -0.2) is 13.4 Å². The Bertz CT molecular complexity index is 650. The Morgan fingerprint density at radius 2 is 2.05 bits per heavy atom. The molecule has 2 rings (SSSR count). The molecule has 1 unspecified atom stereocenters. The summed E-state index contributed by atoms with van der Waals surface area (Å²) in [5.74, 6) is -2.26. The number of nitrogens with zero attached hydrogens (tertiary/aromatic N) is 2. The number of amides is 1. The van der Waals surface area contributed by atoms with Gasteiger partial charge in [0.15, 0.2) is 17.6 Å². The number of sulfonamides is 1. The fraction of sp³-hybridized carbons (Fsp3) is 0.500. The Balaban J connectivity index is 2.47. The van der Waals surface area contributed by atoms with E-state index in [1.807, 2.05) is 0 Å². The number of hydrogen-bond acceptors (Lipinski definition) is 6. The van der Waals surface area contributed by atoms with Crippen molar-refractivity contribution < 1.29 is 22.8 Å². The van der Waals surface area contributed by atoms with E-state index < -0.39 is 38.6 Å². The lowest BCUT2D eigenvalue weighted by Gasteiger charge is -2.26. The minimum atomic E-state index is -4.32. The summed E-state index contributed by atoms with van der Waals surface area (Å²) in [6, 6.07) is -1.57. The number of ketones is 2. The zero-order chi connectivity index (χ0) is 15.6. The highest BCUT2D eigenvalue weighted by Gasteiger charge is 2.43. The molecule has 1 amide bonds. The Labute approximate surface area is 121 Å². The van der Waals surface area contributed by atoms with Crippen LogP contribution in [0, 0.1) is 0 Å².